The summed E-state index contributed by atoms with van der Waals surface area (Å²) < 4.78 is 198. The summed E-state index contributed by atoms with van der Waals surface area (Å²) in [5.41, 5.74) is 14.8. The maximum Gasteiger partial charge on any atom is 0.411 e. The lowest BCUT2D eigenvalue weighted by Gasteiger charge is -2.11. The van der Waals surface area contributed by atoms with Gasteiger partial charge in [0.05, 0.1) is 51.8 Å². The number of primary sulfonamides is 1. The first-order valence-electron chi connectivity index (χ1n) is 43.8. The Hall–Kier alpha value is -11.7. The molecular formula is C98H137ClFN11O21S7. The smallest absolute Gasteiger partial charge is 0.411 e. The molecule has 766 valence electrons. The number of benzene rings is 10. The highest BCUT2D eigenvalue weighted by Crippen LogP contribution is 2.30. The number of anilines is 7. The number of nitrogens with two attached hydrogens (primary N) is 1. The Kier molecular flexibility index (Phi) is 58.1. The Morgan fingerprint density at radius 2 is 0.784 bits per heavy atom. The van der Waals surface area contributed by atoms with Crippen molar-refractivity contribution in [3.05, 3.63) is 304 Å². The third kappa shape index (κ3) is 60.7. The van der Waals surface area contributed by atoms with Crippen molar-refractivity contribution in [1.29, 1.82) is 0 Å². The zero-order chi connectivity index (χ0) is 105. The number of rotatable bonds is 28. The molecule has 139 heavy (non-hydrogen) atoms. The molecule has 0 saturated heterocycles. The molecule has 41 heteroatoms. The number of carbonyl (C=O) groups is 4. The van der Waals surface area contributed by atoms with Crippen molar-refractivity contribution in [1.82, 2.24) is 15.4 Å². The van der Waals surface area contributed by atoms with E-state index >= 15 is 0 Å². The fourth-order valence-corrected chi connectivity index (χ4v) is 16.4. The lowest BCUT2D eigenvalue weighted by atomic mass is 10.2. The summed E-state index contributed by atoms with van der Waals surface area (Å²) in [5, 5.41) is 14.8. The van der Waals surface area contributed by atoms with Crippen LogP contribution in [0, 0.1) is 74.0 Å². The molecule has 1 saturated carbocycles. The van der Waals surface area contributed by atoms with E-state index in [-0.39, 0.29) is 45.5 Å². The number of amides is 4. The summed E-state index contributed by atoms with van der Waals surface area (Å²) in [6.07, 6.45) is 3.42. The number of ether oxygens (including phenoxy) is 3. The minimum Gasteiger partial charge on any atom is -0.450 e. The molecule has 1 aliphatic rings. The molecule has 1 fully saturated rings. The van der Waals surface area contributed by atoms with E-state index in [9.17, 15) is 82.5 Å². The van der Waals surface area contributed by atoms with Crippen molar-refractivity contribution < 1.29 is 96.7 Å². The van der Waals surface area contributed by atoms with Gasteiger partial charge in [0.25, 0.3) is 5.91 Å². The van der Waals surface area contributed by atoms with E-state index in [0.29, 0.717) is 76.7 Å². The van der Waals surface area contributed by atoms with Gasteiger partial charge in [0.2, 0.25) is 70.2 Å². The normalized spacial score (nSPS) is 11.5. The second-order valence-corrected chi connectivity index (χ2v) is 44.7. The van der Waals surface area contributed by atoms with Gasteiger partial charge in [-0.3, -0.25) is 39.0 Å². The fourth-order valence-electron chi connectivity index (χ4n) is 9.97. The maximum atomic E-state index is 12.5. The minimum atomic E-state index is -3.52. The summed E-state index contributed by atoms with van der Waals surface area (Å²) in [5.74, 6) is 0.416. The molecule has 1 atom stereocenters. The zero-order valence-electron chi connectivity index (χ0n) is 82.4. The van der Waals surface area contributed by atoms with E-state index in [1.54, 1.807) is 124 Å². The van der Waals surface area contributed by atoms with E-state index in [4.69, 9.17) is 31.0 Å². The first-order valence-corrected chi connectivity index (χ1v) is 55.8. The van der Waals surface area contributed by atoms with Crippen LogP contribution in [0.15, 0.2) is 252 Å². The van der Waals surface area contributed by atoms with Crippen LogP contribution < -0.4 is 54.7 Å². The molecule has 11 rings (SSSR count). The number of aryl methyl sites for hydroxylation is 9. The molecule has 0 heterocycles. The predicted molar refractivity (Wildman–Crippen MR) is 561 cm³/mol. The van der Waals surface area contributed by atoms with Gasteiger partial charge in [0, 0.05) is 65.4 Å². The molecule has 0 spiro atoms. The van der Waals surface area contributed by atoms with E-state index in [0.717, 1.165) is 87.0 Å². The van der Waals surface area contributed by atoms with E-state index in [2.05, 4.69) is 49.6 Å². The van der Waals surface area contributed by atoms with Crippen LogP contribution in [-0.2, 0) is 84.4 Å². The van der Waals surface area contributed by atoms with Crippen molar-refractivity contribution in [3.63, 3.8) is 0 Å². The lowest BCUT2D eigenvalue weighted by molar-refractivity contribution is 0.0962. The number of hydrogen-bond acceptors (Lipinski definition) is 21. The van der Waals surface area contributed by atoms with Gasteiger partial charge >= 0.3 is 18.3 Å². The molecule has 4 amide bonds. The van der Waals surface area contributed by atoms with E-state index in [1.807, 2.05) is 206 Å². The highest BCUT2D eigenvalue weighted by molar-refractivity contribution is 7.94. The van der Waals surface area contributed by atoms with Crippen LogP contribution in [0.25, 0.3) is 0 Å². The summed E-state index contributed by atoms with van der Waals surface area (Å²) in [6.45, 7) is 31.5. The molecule has 10 aromatic rings. The van der Waals surface area contributed by atoms with Crippen molar-refractivity contribution in [2.75, 3.05) is 98.0 Å². The molecule has 0 aromatic heterocycles. The summed E-state index contributed by atoms with van der Waals surface area (Å²) in [6, 6.07) is 70.1. The number of halogens is 2. The van der Waals surface area contributed by atoms with Crippen LogP contribution in [0.2, 0.25) is 0 Å². The van der Waals surface area contributed by atoms with Gasteiger partial charge < -0.3 is 24.8 Å². The van der Waals surface area contributed by atoms with Crippen LogP contribution in [0.3, 0.4) is 0 Å². The van der Waals surface area contributed by atoms with Gasteiger partial charge in [-0.1, -0.05) is 182 Å². The highest BCUT2D eigenvalue weighted by atomic mass is 35.5. The van der Waals surface area contributed by atoms with Gasteiger partial charge in [-0.15, -0.1) is 11.6 Å². The van der Waals surface area contributed by atoms with Crippen molar-refractivity contribution in [3.8, 4) is 0 Å². The molecule has 12 N–H and O–H groups in total. The first kappa shape index (κ1) is 125. The predicted octanol–water partition coefficient (Wildman–Crippen LogP) is 19.2. The number of alkyl halides is 1. The van der Waals surface area contributed by atoms with Crippen molar-refractivity contribution >= 4 is 146 Å². The summed E-state index contributed by atoms with van der Waals surface area (Å²) in [7, 11) is -18.1. The Labute approximate surface area is 828 Å². The molecule has 0 bridgehead atoms. The molecule has 32 nitrogen and oxygen atoms in total. The van der Waals surface area contributed by atoms with Crippen molar-refractivity contribution in [2.24, 2.45) is 11.1 Å². The third-order valence-electron chi connectivity index (χ3n) is 17.7. The second kappa shape index (κ2) is 64.5. The number of nitrogens with one attached hydrogen (secondary N) is 10. The van der Waals surface area contributed by atoms with Gasteiger partial charge in [-0.2, -0.15) is 0 Å². The van der Waals surface area contributed by atoms with Gasteiger partial charge in [0.1, 0.15) is 11.9 Å². The lowest BCUT2D eigenvalue weighted by Crippen LogP contribution is -2.21. The van der Waals surface area contributed by atoms with E-state index < -0.39 is 88.2 Å². The maximum absolute atomic E-state index is 12.5. The first-order chi connectivity index (χ1) is 64.9. The largest absolute Gasteiger partial charge is 0.450 e. The van der Waals surface area contributed by atoms with Gasteiger partial charge in [0.15, 0.2) is 0 Å². The van der Waals surface area contributed by atoms with Crippen LogP contribution in [0.4, 0.5) is 58.6 Å². The quantitative estimate of drug-likeness (QED) is 0.0160. The van der Waals surface area contributed by atoms with Crippen molar-refractivity contribution in [2.45, 2.75) is 164 Å². The Morgan fingerprint density at radius 3 is 1.11 bits per heavy atom. The number of alkyl carbamates (subject to hydrolysis) is 1. The standard InChI is InChI=1S/C12H17NO2.C10H14ClNO2S.C10H13NO2S.C10H15NO2S.C10H13NO2.C9H13NO2S.C8H8FNO.2C8H11NO2S.C7H9NO2S.C6H13NO2/c1-4-10(3)15-12(14)13-11-7-5-6-9(2)8-11;1-9-3-5-10(6-4-9)12-15(13,14)8-2-7-11;1-8-2-4-9(5-3-8)11-14(12,13)10-6-7-10;1-3-8-14(12,13)11-10-6-4-9(2)5-7-10;1-3-13-10(12)11-9-6-4-5-8(2)7-9;1-3-13(11,12)10-9-6-4-8(2)5-7-9;1-10-8(11)6-3-2-4-7(9)5-6;1-7-3-5-8(6-4-7)9-12(2,10)11;1-7-3-5-8(6-4-7)12(10,11)9-2;1-6-2-4-7(5-3-6)11(8,9)10;1-5(2)4-9-6(8)7-3/h5-8,10H,4H2,1-3H3,(H,13,14);3-6,12H,2,7-8H2,1H3;2-5,10-11H,6-7H2,1H3;4-7,11H,3,8H2,1-2H3;4-7H,3H2,1-2H3,(H,11,12);4-7,10H,3H2,1-2H3;2-5H,1H3,(H,10,11);2*3-6,9H,1-2H3;2-5H,1H3,(H2,8,9,10);5H,4H2,1-3H3,(H,7,8). The number of hydrogen-bond donors (Lipinski definition) is 11. The zero-order valence-corrected chi connectivity index (χ0v) is 88.8. The fraction of sp³-hybridized carbons (Fsp3) is 0.347. The number of sulfonamides is 7. The molecule has 10 aromatic carbocycles. The molecule has 0 radical (unpaired) electrons. The molecule has 0 aliphatic heterocycles. The Bertz CT molecular complexity index is 6210. The molecule has 1 aliphatic carbocycles. The summed E-state index contributed by atoms with van der Waals surface area (Å²) in [4.78, 5) is 44.1. The third-order valence-corrected chi connectivity index (χ3v) is 27.0. The monoisotopic (exact) mass is 2080 g/mol. The summed E-state index contributed by atoms with van der Waals surface area (Å²) >= 11 is 5.44. The topological polar surface area (TPSA) is 481 Å². The highest BCUT2D eigenvalue weighted by Gasteiger charge is 2.35. The van der Waals surface area contributed by atoms with Crippen LogP contribution in [-0.4, -0.2) is 158 Å². The van der Waals surface area contributed by atoms with Crippen LogP contribution >= 0.6 is 11.6 Å². The van der Waals surface area contributed by atoms with Crippen LogP contribution in [0.5, 0.6) is 0 Å². The number of carbonyl (C=O) groups excluding carboxylic acids is 4. The molecular weight excluding hydrogens is 1950 g/mol. The SMILES string of the molecule is CCC(C)OC(=O)Nc1cccc(C)c1.CCCS(=O)(=O)Nc1ccc(C)cc1.CCOC(=O)Nc1cccc(C)c1.CCS(=O)(=O)Nc1ccc(C)cc1.CNC(=O)OCC(C)C.CNC(=O)c1cccc(F)c1.CNS(=O)(=O)c1ccc(C)cc1.Cc1ccc(NS(=O)(=O)C2CC2)cc1.Cc1ccc(NS(=O)(=O)CCCCl)cc1.Cc1ccc(NS(C)(=O)=O)cc1.Cc1ccc(S(N)(=O)=O)cc1. The second-order valence-electron chi connectivity index (χ2n) is 31.5. The van der Waals surface area contributed by atoms with E-state index in [1.165, 1.54) is 44.4 Å². The minimum absolute atomic E-state index is 0.0465. The Morgan fingerprint density at radius 1 is 0.417 bits per heavy atom. The van der Waals surface area contributed by atoms with Gasteiger partial charge in [-0.25, -0.2) is 87.6 Å². The Balaban J connectivity index is 0.000000766. The average Bonchev–Trinajstić information content (AvgIpc) is 1.71. The average molecular weight is 2080 g/mol. The van der Waals surface area contributed by atoms with Crippen LogP contribution in [0.1, 0.15) is 141 Å². The van der Waals surface area contributed by atoms with Gasteiger partial charge in [-0.05, 0) is 267 Å². The molecule has 1 unspecified atom stereocenters.